The minimum atomic E-state index is -3.64. The average Bonchev–Trinajstić information content (AvgIpc) is 2.37. The first-order valence-electron chi connectivity index (χ1n) is 6.44. The fourth-order valence-corrected chi connectivity index (χ4v) is 2.99. The van der Waals surface area contributed by atoms with Crippen molar-refractivity contribution in [2.45, 2.75) is 37.8 Å². The predicted octanol–water partition coefficient (Wildman–Crippen LogP) is 0.338. The van der Waals surface area contributed by atoms with Crippen LogP contribution in [0, 0.1) is 0 Å². The van der Waals surface area contributed by atoms with E-state index in [1.54, 1.807) is 18.2 Å². The molecule has 0 aliphatic carbocycles. The monoisotopic (exact) mass is 299 g/mol. The number of carbonyl (C=O) groups is 1. The second kappa shape index (κ2) is 7.37. The Morgan fingerprint density at radius 3 is 2.55 bits per heavy atom. The van der Waals surface area contributed by atoms with Crippen LogP contribution in [0.25, 0.3) is 0 Å². The van der Waals surface area contributed by atoms with Crippen LogP contribution in [0.5, 0.6) is 0 Å². The van der Waals surface area contributed by atoms with Gasteiger partial charge in [-0.1, -0.05) is 18.2 Å². The maximum atomic E-state index is 12.1. The van der Waals surface area contributed by atoms with E-state index in [0.29, 0.717) is 5.56 Å². The lowest BCUT2D eigenvalue weighted by Crippen LogP contribution is -2.34. The molecule has 1 rings (SSSR count). The molecule has 0 fully saturated rings. The van der Waals surface area contributed by atoms with Crippen LogP contribution in [0.3, 0.4) is 0 Å². The zero-order valence-corrected chi connectivity index (χ0v) is 12.5. The zero-order valence-electron chi connectivity index (χ0n) is 11.7. The minimum Gasteiger partial charge on any atom is -0.354 e. The second-order valence-electron chi connectivity index (χ2n) is 4.68. The van der Waals surface area contributed by atoms with Crippen molar-refractivity contribution in [1.82, 2.24) is 10.0 Å². The van der Waals surface area contributed by atoms with Crippen molar-refractivity contribution < 1.29 is 13.2 Å². The van der Waals surface area contributed by atoms with Crippen LogP contribution in [-0.2, 0) is 21.4 Å². The summed E-state index contributed by atoms with van der Waals surface area (Å²) in [7, 11) is -3.64. The van der Waals surface area contributed by atoms with Crippen molar-refractivity contribution in [1.29, 1.82) is 0 Å². The van der Waals surface area contributed by atoms with E-state index in [9.17, 15) is 13.2 Å². The smallest absolute Gasteiger partial charge is 0.240 e. The Labute approximate surface area is 119 Å². The number of benzene rings is 1. The van der Waals surface area contributed by atoms with Gasteiger partial charge in [0.05, 0.1) is 4.90 Å². The van der Waals surface area contributed by atoms with Gasteiger partial charge in [-0.05, 0) is 25.5 Å². The molecule has 1 aromatic carbocycles. The molecule has 0 radical (unpaired) electrons. The summed E-state index contributed by atoms with van der Waals surface area (Å²) >= 11 is 0. The van der Waals surface area contributed by atoms with E-state index < -0.39 is 10.0 Å². The van der Waals surface area contributed by atoms with E-state index in [1.807, 2.05) is 13.8 Å². The highest BCUT2D eigenvalue weighted by Gasteiger charge is 2.17. The fraction of sp³-hybridized carbons (Fsp3) is 0.462. The van der Waals surface area contributed by atoms with E-state index in [4.69, 9.17) is 5.73 Å². The lowest BCUT2D eigenvalue weighted by atomic mass is 10.2. The number of nitrogens with one attached hydrogen (secondary N) is 2. The van der Waals surface area contributed by atoms with Crippen molar-refractivity contribution in [2.24, 2.45) is 5.73 Å². The Balaban J connectivity index is 2.65. The molecule has 1 amide bonds. The number of carbonyl (C=O) groups excluding carboxylic acids is 1. The molecule has 0 saturated carbocycles. The van der Waals surface area contributed by atoms with Crippen molar-refractivity contribution in [3.05, 3.63) is 29.8 Å². The second-order valence-corrected chi connectivity index (χ2v) is 6.42. The molecule has 0 atom stereocenters. The SMILES string of the molecule is CC(C)NC(=O)CCNS(=O)(=O)c1ccccc1CN. The van der Waals surface area contributed by atoms with Gasteiger partial charge < -0.3 is 11.1 Å². The summed E-state index contributed by atoms with van der Waals surface area (Å²) in [6.07, 6.45) is 0.0994. The van der Waals surface area contributed by atoms with Crippen LogP contribution in [0.15, 0.2) is 29.2 Å². The first kappa shape index (κ1) is 16.6. The normalized spacial score (nSPS) is 11.6. The molecule has 112 valence electrons. The first-order chi connectivity index (χ1) is 9.36. The van der Waals surface area contributed by atoms with E-state index in [-0.39, 0.29) is 36.4 Å². The molecular formula is C13H21N3O3S. The van der Waals surface area contributed by atoms with Gasteiger partial charge in [-0.25, -0.2) is 13.1 Å². The van der Waals surface area contributed by atoms with Gasteiger partial charge in [0.25, 0.3) is 0 Å². The van der Waals surface area contributed by atoms with Gasteiger partial charge >= 0.3 is 0 Å². The van der Waals surface area contributed by atoms with Gasteiger partial charge in [0, 0.05) is 25.6 Å². The molecule has 0 bridgehead atoms. The van der Waals surface area contributed by atoms with E-state index in [2.05, 4.69) is 10.0 Å². The van der Waals surface area contributed by atoms with Crippen LogP contribution >= 0.6 is 0 Å². The van der Waals surface area contributed by atoms with Crippen LogP contribution in [0.4, 0.5) is 0 Å². The molecule has 1 aromatic rings. The summed E-state index contributed by atoms with van der Waals surface area (Å²) in [5.74, 6) is -0.185. The highest BCUT2D eigenvalue weighted by molar-refractivity contribution is 7.89. The summed E-state index contributed by atoms with van der Waals surface area (Å²) < 4.78 is 26.6. The van der Waals surface area contributed by atoms with E-state index in [1.165, 1.54) is 6.07 Å². The van der Waals surface area contributed by atoms with Crippen LogP contribution in [0.2, 0.25) is 0 Å². The number of sulfonamides is 1. The third-order valence-electron chi connectivity index (χ3n) is 2.58. The lowest BCUT2D eigenvalue weighted by Gasteiger charge is -2.11. The van der Waals surface area contributed by atoms with Crippen molar-refractivity contribution >= 4 is 15.9 Å². The maximum Gasteiger partial charge on any atom is 0.240 e. The quantitative estimate of drug-likeness (QED) is 0.675. The van der Waals surface area contributed by atoms with E-state index in [0.717, 1.165) is 0 Å². The van der Waals surface area contributed by atoms with Crippen molar-refractivity contribution in [2.75, 3.05) is 6.54 Å². The highest BCUT2D eigenvalue weighted by atomic mass is 32.2. The molecule has 0 unspecified atom stereocenters. The summed E-state index contributed by atoms with van der Waals surface area (Å²) in [6.45, 7) is 3.89. The molecule has 0 spiro atoms. The Morgan fingerprint density at radius 2 is 1.95 bits per heavy atom. The minimum absolute atomic E-state index is 0.0390. The van der Waals surface area contributed by atoms with Crippen LogP contribution < -0.4 is 15.8 Å². The number of hydrogen-bond acceptors (Lipinski definition) is 4. The molecule has 0 aliphatic rings. The van der Waals surface area contributed by atoms with Gasteiger partial charge in [-0.15, -0.1) is 0 Å². The van der Waals surface area contributed by atoms with Gasteiger partial charge in [-0.2, -0.15) is 0 Å². The third kappa shape index (κ3) is 4.92. The number of hydrogen-bond donors (Lipinski definition) is 3. The molecule has 4 N–H and O–H groups in total. The van der Waals surface area contributed by atoms with Gasteiger partial charge in [0.15, 0.2) is 0 Å². The number of amides is 1. The van der Waals surface area contributed by atoms with Gasteiger partial charge in [0.2, 0.25) is 15.9 Å². The summed E-state index contributed by atoms with van der Waals surface area (Å²) in [5, 5.41) is 2.70. The first-order valence-corrected chi connectivity index (χ1v) is 7.92. The largest absolute Gasteiger partial charge is 0.354 e. The Hall–Kier alpha value is -1.44. The molecule has 0 aliphatic heterocycles. The van der Waals surface area contributed by atoms with Crippen molar-refractivity contribution in [3.63, 3.8) is 0 Å². The molecule has 0 heterocycles. The fourth-order valence-electron chi connectivity index (χ4n) is 1.71. The van der Waals surface area contributed by atoms with Gasteiger partial charge in [-0.3, -0.25) is 4.79 Å². The summed E-state index contributed by atoms with van der Waals surface area (Å²) in [6, 6.07) is 6.58. The third-order valence-corrected chi connectivity index (χ3v) is 4.14. The maximum absolute atomic E-state index is 12.1. The highest BCUT2D eigenvalue weighted by Crippen LogP contribution is 2.14. The molecule has 7 heteroatoms. The summed E-state index contributed by atoms with van der Waals surface area (Å²) in [5.41, 5.74) is 6.07. The van der Waals surface area contributed by atoms with Crippen LogP contribution in [-0.4, -0.2) is 26.9 Å². The zero-order chi connectivity index (χ0) is 15.2. The number of rotatable bonds is 7. The molecule has 20 heavy (non-hydrogen) atoms. The molecule has 0 aromatic heterocycles. The van der Waals surface area contributed by atoms with Gasteiger partial charge in [0.1, 0.15) is 0 Å². The standard InChI is InChI=1S/C13H21N3O3S/c1-10(2)16-13(17)7-8-15-20(18,19)12-6-4-3-5-11(12)9-14/h3-6,10,15H,7-9,14H2,1-2H3,(H,16,17). The topological polar surface area (TPSA) is 101 Å². The molecule has 0 saturated heterocycles. The van der Waals surface area contributed by atoms with E-state index >= 15 is 0 Å². The Kier molecular flexibility index (Phi) is 6.12. The number of nitrogens with two attached hydrogens (primary N) is 1. The average molecular weight is 299 g/mol. The van der Waals surface area contributed by atoms with Crippen LogP contribution in [0.1, 0.15) is 25.8 Å². The summed E-state index contributed by atoms with van der Waals surface area (Å²) in [4.78, 5) is 11.6. The molecular weight excluding hydrogens is 278 g/mol. The Morgan fingerprint density at radius 1 is 1.30 bits per heavy atom. The van der Waals surface area contributed by atoms with Crippen molar-refractivity contribution in [3.8, 4) is 0 Å². The Bertz CT molecular complexity index is 556. The predicted molar refractivity (Wildman–Crippen MR) is 77.4 cm³/mol. The lowest BCUT2D eigenvalue weighted by molar-refractivity contribution is -0.121. The molecule has 6 nitrogen and oxygen atoms in total.